The van der Waals surface area contributed by atoms with Gasteiger partial charge in [0.05, 0.1) is 26.9 Å². The van der Waals surface area contributed by atoms with Gasteiger partial charge < -0.3 is 0 Å². The molecule has 1 aromatic carbocycles. The van der Waals surface area contributed by atoms with Crippen LogP contribution in [0.3, 0.4) is 0 Å². The normalized spacial score (nSPS) is 10.9. The van der Waals surface area contributed by atoms with Gasteiger partial charge in [0.1, 0.15) is 5.82 Å². The number of hydrogen-bond acceptors (Lipinski definition) is 1. The van der Waals surface area contributed by atoms with Gasteiger partial charge in [-0.15, -0.1) is 0 Å². The predicted octanol–water partition coefficient (Wildman–Crippen LogP) is 4.21. The second-order valence-electron chi connectivity index (χ2n) is 3.89. The van der Waals surface area contributed by atoms with E-state index in [0.29, 0.717) is 11.0 Å². The van der Waals surface area contributed by atoms with Crippen LogP contribution in [0, 0.1) is 19.7 Å². The summed E-state index contributed by atoms with van der Waals surface area (Å²) in [5.41, 5.74) is 3.04. The highest BCUT2D eigenvalue weighted by molar-refractivity contribution is 9.10. The van der Waals surface area contributed by atoms with Gasteiger partial charge in [-0.25, -0.2) is 4.39 Å². The minimum absolute atomic E-state index is 0.247. The molecular formula is C12H11Br2FN2. The Balaban J connectivity index is 2.31. The number of hydrogen-bond donors (Lipinski definition) is 0. The lowest BCUT2D eigenvalue weighted by Gasteiger charge is -2.05. The van der Waals surface area contributed by atoms with Crippen LogP contribution < -0.4 is 0 Å². The molecule has 2 aromatic rings. The summed E-state index contributed by atoms with van der Waals surface area (Å²) in [4.78, 5) is 0. The van der Waals surface area contributed by atoms with E-state index < -0.39 is 0 Å². The van der Waals surface area contributed by atoms with Crippen molar-refractivity contribution in [2.24, 2.45) is 0 Å². The van der Waals surface area contributed by atoms with Crippen molar-refractivity contribution in [1.29, 1.82) is 0 Å². The third-order valence-corrected chi connectivity index (χ3v) is 4.36. The van der Waals surface area contributed by atoms with E-state index in [9.17, 15) is 4.39 Å². The quantitative estimate of drug-likeness (QED) is 0.783. The molecule has 0 unspecified atom stereocenters. The number of nitrogens with zero attached hydrogens (tertiary/aromatic N) is 2. The maximum Gasteiger partial charge on any atom is 0.137 e. The standard InChI is InChI=1S/C12H11Br2FN2/c1-7-12(14)8(2)17(16-7)6-9-3-4-11(15)10(13)5-9/h3-5H,6H2,1-2H3. The molecule has 0 amide bonds. The molecule has 0 spiro atoms. The number of rotatable bonds is 2. The Morgan fingerprint density at radius 2 is 2.00 bits per heavy atom. The molecule has 0 atom stereocenters. The molecule has 1 heterocycles. The molecule has 2 nitrogen and oxygen atoms in total. The first kappa shape index (κ1) is 12.8. The number of benzene rings is 1. The smallest absolute Gasteiger partial charge is 0.137 e. The molecular weight excluding hydrogens is 351 g/mol. The summed E-state index contributed by atoms with van der Waals surface area (Å²) in [5.74, 6) is -0.247. The van der Waals surface area contributed by atoms with E-state index >= 15 is 0 Å². The fourth-order valence-corrected chi connectivity index (χ4v) is 2.35. The maximum atomic E-state index is 13.1. The van der Waals surface area contributed by atoms with E-state index in [4.69, 9.17) is 0 Å². The Morgan fingerprint density at radius 1 is 1.29 bits per heavy atom. The van der Waals surface area contributed by atoms with Gasteiger partial charge in [-0.2, -0.15) is 5.10 Å². The van der Waals surface area contributed by atoms with Crippen LogP contribution in [0.1, 0.15) is 17.0 Å². The van der Waals surface area contributed by atoms with Gasteiger partial charge in [-0.3, -0.25) is 4.68 Å². The van der Waals surface area contributed by atoms with Crippen LogP contribution in [0.4, 0.5) is 4.39 Å². The van der Waals surface area contributed by atoms with Crippen LogP contribution in [0.2, 0.25) is 0 Å². The van der Waals surface area contributed by atoms with Gasteiger partial charge in [-0.05, 0) is 63.4 Å². The summed E-state index contributed by atoms with van der Waals surface area (Å²) in [6.45, 7) is 4.59. The second kappa shape index (κ2) is 4.90. The van der Waals surface area contributed by atoms with Crippen molar-refractivity contribution >= 4 is 31.9 Å². The molecule has 1 aromatic heterocycles. The lowest BCUT2D eigenvalue weighted by Crippen LogP contribution is -2.04. The van der Waals surface area contributed by atoms with Crippen molar-refractivity contribution < 1.29 is 4.39 Å². The molecule has 0 saturated heterocycles. The van der Waals surface area contributed by atoms with Gasteiger partial charge in [0.25, 0.3) is 0 Å². The molecule has 2 rings (SSSR count). The Bertz CT molecular complexity index is 564. The highest BCUT2D eigenvalue weighted by Gasteiger charge is 2.09. The minimum atomic E-state index is -0.247. The average molecular weight is 362 g/mol. The SMILES string of the molecule is Cc1nn(Cc2ccc(F)c(Br)c2)c(C)c1Br. The van der Waals surface area contributed by atoms with E-state index in [1.807, 2.05) is 18.5 Å². The van der Waals surface area contributed by atoms with E-state index in [1.165, 1.54) is 6.07 Å². The molecule has 0 fully saturated rings. The van der Waals surface area contributed by atoms with Crippen LogP contribution in [0.15, 0.2) is 27.1 Å². The first-order valence-corrected chi connectivity index (χ1v) is 6.71. The Hall–Kier alpha value is -0.680. The summed E-state index contributed by atoms with van der Waals surface area (Å²) in [5, 5.41) is 4.42. The molecule has 90 valence electrons. The molecule has 0 aliphatic carbocycles. The van der Waals surface area contributed by atoms with Gasteiger partial charge >= 0.3 is 0 Å². The van der Waals surface area contributed by atoms with Crippen molar-refractivity contribution in [1.82, 2.24) is 9.78 Å². The van der Waals surface area contributed by atoms with E-state index in [0.717, 1.165) is 21.4 Å². The molecule has 0 aliphatic heterocycles. The van der Waals surface area contributed by atoms with Gasteiger partial charge in [0.2, 0.25) is 0 Å². The van der Waals surface area contributed by atoms with E-state index in [-0.39, 0.29) is 5.82 Å². The summed E-state index contributed by atoms with van der Waals surface area (Å²) in [6.07, 6.45) is 0. The predicted molar refractivity (Wildman–Crippen MR) is 72.6 cm³/mol. The summed E-state index contributed by atoms with van der Waals surface area (Å²) in [7, 11) is 0. The fraction of sp³-hybridized carbons (Fsp3) is 0.250. The summed E-state index contributed by atoms with van der Waals surface area (Å²) < 4.78 is 16.5. The largest absolute Gasteiger partial charge is 0.264 e. The minimum Gasteiger partial charge on any atom is -0.264 e. The van der Waals surface area contributed by atoms with Crippen LogP contribution in [-0.4, -0.2) is 9.78 Å². The third kappa shape index (κ3) is 2.60. The molecule has 5 heteroatoms. The lowest BCUT2D eigenvalue weighted by molar-refractivity contribution is 0.616. The van der Waals surface area contributed by atoms with Crippen molar-refractivity contribution in [2.75, 3.05) is 0 Å². The second-order valence-corrected chi connectivity index (χ2v) is 5.54. The lowest BCUT2D eigenvalue weighted by atomic mass is 10.2. The van der Waals surface area contributed by atoms with Crippen LogP contribution in [0.25, 0.3) is 0 Å². The Morgan fingerprint density at radius 3 is 2.53 bits per heavy atom. The topological polar surface area (TPSA) is 17.8 Å². The van der Waals surface area contributed by atoms with Crippen molar-refractivity contribution in [3.63, 3.8) is 0 Å². The highest BCUT2D eigenvalue weighted by atomic mass is 79.9. The average Bonchev–Trinajstić information content (AvgIpc) is 2.52. The monoisotopic (exact) mass is 360 g/mol. The molecule has 17 heavy (non-hydrogen) atoms. The molecule has 0 radical (unpaired) electrons. The van der Waals surface area contributed by atoms with Gasteiger partial charge in [0, 0.05) is 0 Å². The van der Waals surface area contributed by atoms with Crippen molar-refractivity contribution in [3.8, 4) is 0 Å². The zero-order valence-electron chi connectivity index (χ0n) is 9.47. The summed E-state index contributed by atoms with van der Waals surface area (Å²) >= 11 is 6.67. The number of aromatic nitrogens is 2. The van der Waals surface area contributed by atoms with Crippen LogP contribution in [0.5, 0.6) is 0 Å². The summed E-state index contributed by atoms with van der Waals surface area (Å²) in [6, 6.07) is 5.00. The van der Waals surface area contributed by atoms with Crippen LogP contribution in [-0.2, 0) is 6.54 Å². The maximum absolute atomic E-state index is 13.1. The van der Waals surface area contributed by atoms with Gasteiger partial charge in [0.15, 0.2) is 0 Å². The Labute approximate surface area is 116 Å². The van der Waals surface area contributed by atoms with E-state index in [2.05, 4.69) is 37.0 Å². The number of halogens is 3. The molecule has 0 N–H and O–H groups in total. The first-order chi connectivity index (χ1) is 7.99. The van der Waals surface area contributed by atoms with Gasteiger partial charge in [-0.1, -0.05) is 6.07 Å². The zero-order valence-corrected chi connectivity index (χ0v) is 12.6. The first-order valence-electron chi connectivity index (χ1n) is 5.12. The van der Waals surface area contributed by atoms with Crippen molar-refractivity contribution in [2.45, 2.75) is 20.4 Å². The molecule has 0 bridgehead atoms. The molecule has 0 saturated carbocycles. The molecule has 0 aliphatic rings. The Kier molecular flexibility index (Phi) is 3.68. The third-order valence-electron chi connectivity index (χ3n) is 2.61. The zero-order chi connectivity index (χ0) is 12.6. The highest BCUT2D eigenvalue weighted by Crippen LogP contribution is 2.22. The van der Waals surface area contributed by atoms with Crippen LogP contribution >= 0.6 is 31.9 Å². The fourth-order valence-electron chi connectivity index (χ4n) is 1.64. The number of aryl methyl sites for hydroxylation is 1. The van der Waals surface area contributed by atoms with Crippen molar-refractivity contribution in [3.05, 3.63) is 49.9 Å². The van der Waals surface area contributed by atoms with E-state index in [1.54, 1.807) is 12.1 Å².